The van der Waals surface area contributed by atoms with Gasteiger partial charge in [0.2, 0.25) is 0 Å². The molecule has 3 aromatic rings. The van der Waals surface area contributed by atoms with Gasteiger partial charge < -0.3 is 4.90 Å². The minimum absolute atomic E-state index is 0.0206. The van der Waals surface area contributed by atoms with Crippen molar-refractivity contribution in [3.8, 4) is 0 Å². The lowest BCUT2D eigenvalue weighted by atomic mass is 9.88. The van der Waals surface area contributed by atoms with Crippen LogP contribution in [0.1, 0.15) is 39.9 Å². The van der Waals surface area contributed by atoms with Gasteiger partial charge in [0.05, 0.1) is 5.56 Å². The van der Waals surface area contributed by atoms with Crippen molar-refractivity contribution in [3.63, 3.8) is 0 Å². The Morgan fingerprint density at radius 3 is 2.31 bits per heavy atom. The van der Waals surface area contributed by atoms with E-state index in [1.165, 1.54) is 11.6 Å². The predicted octanol–water partition coefficient (Wildman–Crippen LogP) is 5.27. The summed E-state index contributed by atoms with van der Waals surface area (Å²) in [5.74, 6) is -0.219. The van der Waals surface area contributed by atoms with Crippen molar-refractivity contribution in [3.05, 3.63) is 107 Å². The van der Waals surface area contributed by atoms with Crippen LogP contribution in [0.15, 0.2) is 78.6 Å². The van der Waals surface area contributed by atoms with Gasteiger partial charge >= 0.3 is 0 Å². The number of nitrogens with zero attached hydrogens (tertiary/aromatic N) is 2. The van der Waals surface area contributed by atoms with Crippen LogP contribution >= 0.6 is 0 Å². The van der Waals surface area contributed by atoms with E-state index in [0.29, 0.717) is 18.7 Å². The van der Waals surface area contributed by atoms with Gasteiger partial charge in [-0.2, -0.15) is 0 Å². The zero-order valence-electron chi connectivity index (χ0n) is 16.4. The summed E-state index contributed by atoms with van der Waals surface area (Å²) in [7, 11) is 0. The average Bonchev–Trinajstić information content (AvgIpc) is 2.75. The van der Waals surface area contributed by atoms with Crippen LogP contribution in [0.25, 0.3) is 5.57 Å². The molecule has 146 valence electrons. The summed E-state index contributed by atoms with van der Waals surface area (Å²) in [6.45, 7) is 3.23. The first-order valence-electron chi connectivity index (χ1n) is 9.86. The second kappa shape index (κ2) is 8.39. The lowest BCUT2D eigenvalue weighted by Gasteiger charge is -2.30. The first-order valence-corrected chi connectivity index (χ1v) is 9.86. The van der Waals surface area contributed by atoms with E-state index in [4.69, 9.17) is 0 Å². The van der Waals surface area contributed by atoms with Gasteiger partial charge in [0.1, 0.15) is 5.82 Å². The number of amides is 1. The van der Waals surface area contributed by atoms with Gasteiger partial charge in [-0.1, -0.05) is 48.0 Å². The third-order valence-electron chi connectivity index (χ3n) is 5.31. The lowest BCUT2D eigenvalue weighted by molar-refractivity contribution is 0.0743. The molecule has 4 heteroatoms. The van der Waals surface area contributed by atoms with Crippen LogP contribution in [-0.4, -0.2) is 28.9 Å². The molecule has 1 amide bonds. The Balaban J connectivity index is 1.62. The Bertz CT molecular complexity index is 1050. The number of halogens is 1. The molecule has 0 N–H and O–H groups in total. The van der Waals surface area contributed by atoms with Crippen LogP contribution in [-0.2, 0) is 0 Å². The first kappa shape index (κ1) is 19.1. The number of hydrogen-bond donors (Lipinski definition) is 0. The van der Waals surface area contributed by atoms with Crippen LogP contribution in [0.5, 0.6) is 0 Å². The zero-order chi connectivity index (χ0) is 20.2. The molecular formula is C25H23FN2O. The molecule has 0 bridgehead atoms. The highest BCUT2D eigenvalue weighted by Crippen LogP contribution is 2.33. The van der Waals surface area contributed by atoms with Crippen LogP contribution in [0.3, 0.4) is 0 Å². The zero-order valence-corrected chi connectivity index (χ0v) is 16.4. The summed E-state index contributed by atoms with van der Waals surface area (Å²) in [6.07, 6.45) is 4.92. The maximum atomic E-state index is 13.9. The second-order valence-electron chi connectivity index (χ2n) is 7.40. The fourth-order valence-electron chi connectivity index (χ4n) is 3.91. The third-order valence-corrected chi connectivity index (χ3v) is 5.31. The number of pyridine rings is 1. The minimum atomic E-state index is -0.240. The van der Waals surface area contributed by atoms with Crippen LogP contribution in [0.4, 0.5) is 4.39 Å². The molecule has 29 heavy (non-hydrogen) atoms. The van der Waals surface area contributed by atoms with E-state index >= 15 is 0 Å². The smallest absolute Gasteiger partial charge is 0.255 e. The highest BCUT2D eigenvalue weighted by Gasteiger charge is 2.23. The second-order valence-corrected chi connectivity index (χ2v) is 7.40. The first-order chi connectivity index (χ1) is 14.1. The molecule has 0 saturated carbocycles. The maximum Gasteiger partial charge on any atom is 0.255 e. The molecule has 2 heterocycles. The summed E-state index contributed by atoms with van der Waals surface area (Å²) in [5.41, 5.74) is 5.91. The number of carbonyl (C=O) groups excluding carboxylic acids is 1. The molecule has 1 aromatic heterocycles. The standard InChI is InChI=1S/C25H23FN2O/c1-18-14-22(17-27-16-18)25(29)28-12-10-20(11-13-28)24(19-6-3-2-4-7-19)21-8-5-9-23(26)15-21/h2-9,14-17H,10-13H2,1H3. The molecule has 0 aliphatic carbocycles. The quantitative estimate of drug-likeness (QED) is 0.615. The van der Waals surface area contributed by atoms with Gasteiger partial charge in [0.15, 0.2) is 0 Å². The number of rotatable bonds is 3. The van der Waals surface area contributed by atoms with Crippen molar-refractivity contribution in [2.45, 2.75) is 19.8 Å². The van der Waals surface area contributed by atoms with Gasteiger partial charge in [-0.3, -0.25) is 9.78 Å². The number of aromatic nitrogens is 1. The Kier molecular flexibility index (Phi) is 5.52. The van der Waals surface area contributed by atoms with Crippen LogP contribution in [0, 0.1) is 12.7 Å². The summed E-state index contributed by atoms with van der Waals surface area (Å²) >= 11 is 0. The fraction of sp³-hybridized carbons (Fsp3) is 0.200. The number of benzene rings is 2. The third kappa shape index (κ3) is 4.27. The lowest BCUT2D eigenvalue weighted by Crippen LogP contribution is -2.36. The van der Waals surface area contributed by atoms with E-state index in [0.717, 1.165) is 35.1 Å². The summed E-state index contributed by atoms with van der Waals surface area (Å²) in [4.78, 5) is 18.9. The number of likely N-dealkylation sites (tertiary alicyclic amines) is 1. The van der Waals surface area contributed by atoms with Crippen LogP contribution < -0.4 is 0 Å². The van der Waals surface area contributed by atoms with Gasteiger partial charge in [-0.05, 0) is 60.2 Å². The van der Waals surface area contributed by atoms with E-state index in [9.17, 15) is 9.18 Å². The Labute approximate surface area is 170 Å². The molecule has 0 atom stereocenters. The van der Waals surface area contributed by atoms with Crippen LogP contribution in [0.2, 0.25) is 0 Å². The number of carbonyl (C=O) groups is 1. The molecule has 1 aliphatic heterocycles. The van der Waals surface area contributed by atoms with Gasteiger partial charge in [0, 0.05) is 25.5 Å². The Hall–Kier alpha value is -3.27. The number of piperidine rings is 1. The Morgan fingerprint density at radius 1 is 0.897 bits per heavy atom. The molecule has 1 fully saturated rings. The average molecular weight is 386 g/mol. The van der Waals surface area contributed by atoms with Crippen molar-refractivity contribution in [2.24, 2.45) is 0 Å². The van der Waals surface area contributed by atoms with Gasteiger partial charge in [-0.25, -0.2) is 4.39 Å². The molecule has 4 rings (SSSR count). The number of hydrogen-bond acceptors (Lipinski definition) is 2. The summed E-state index contributed by atoms with van der Waals surface area (Å²) in [5, 5.41) is 0. The summed E-state index contributed by atoms with van der Waals surface area (Å²) in [6, 6.07) is 18.7. The largest absolute Gasteiger partial charge is 0.338 e. The summed E-state index contributed by atoms with van der Waals surface area (Å²) < 4.78 is 13.9. The van der Waals surface area contributed by atoms with Gasteiger partial charge in [-0.15, -0.1) is 0 Å². The topological polar surface area (TPSA) is 33.2 Å². The molecule has 0 unspecified atom stereocenters. The van der Waals surface area contributed by atoms with Crippen molar-refractivity contribution in [2.75, 3.05) is 13.1 Å². The normalized spacial score (nSPS) is 14.0. The van der Waals surface area contributed by atoms with Gasteiger partial charge in [0.25, 0.3) is 5.91 Å². The monoisotopic (exact) mass is 386 g/mol. The Morgan fingerprint density at radius 2 is 1.62 bits per heavy atom. The molecule has 3 nitrogen and oxygen atoms in total. The van der Waals surface area contributed by atoms with Crippen molar-refractivity contribution >= 4 is 11.5 Å². The van der Waals surface area contributed by atoms with E-state index in [-0.39, 0.29) is 11.7 Å². The van der Waals surface area contributed by atoms with E-state index in [2.05, 4.69) is 17.1 Å². The molecule has 1 saturated heterocycles. The highest BCUT2D eigenvalue weighted by molar-refractivity contribution is 5.94. The van der Waals surface area contributed by atoms with E-state index in [1.807, 2.05) is 42.2 Å². The molecule has 0 spiro atoms. The van der Waals surface area contributed by atoms with E-state index < -0.39 is 0 Å². The fourth-order valence-corrected chi connectivity index (χ4v) is 3.91. The molecule has 0 radical (unpaired) electrons. The van der Waals surface area contributed by atoms with E-state index in [1.54, 1.807) is 24.5 Å². The molecule has 2 aromatic carbocycles. The minimum Gasteiger partial charge on any atom is -0.338 e. The molecule has 1 aliphatic rings. The SMILES string of the molecule is Cc1cncc(C(=O)N2CCC(=C(c3ccccc3)c3cccc(F)c3)CC2)c1. The highest BCUT2D eigenvalue weighted by atomic mass is 19.1. The van der Waals surface area contributed by atoms with Crippen molar-refractivity contribution in [1.29, 1.82) is 0 Å². The maximum absolute atomic E-state index is 13.9. The number of aryl methyl sites for hydroxylation is 1. The van der Waals surface area contributed by atoms with Crippen molar-refractivity contribution in [1.82, 2.24) is 9.88 Å². The predicted molar refractivity (Wildman–Crippen MR) is 113 cm³/mol. The molecular weight excluding hydrogens is 363 g/mol. The van der Waals surface area contributed by atoms with Crippen molar-refractivity contribution < 1.29 is 9.18 Å².